The number of nitrogens with one attached hydrogen (secondary N) is 2. The van der Waals surface area contributed by atoms with Crippen molar-refractivity contribution in [2.75, 3.05) is 5.32 Å². The molecule has 3 rings (SSSR count). The minimum atomic E-state index is -4.85. The smallest absolute Gasteiger partial charge is 0.459 e. The Morgan fingerprint density at radius 1 is 1.00 bits per heavy atom. The van der Waals surface area contributed by atoms with Crippen LogP contribution in [0.3, 0.4) is 0 Å². The van der Waals surface area contributed by atoms with Gasteiger partial charge in [0, 0.05) is 18.2 Å². The average molecular weight is 418 g/mol. The summed E-state index contributed by atoms with van der Waals surface area (Å²) in [6.07, 6.45) is -3.36. The summed E-state index contributed by atoms with van der Waals surface area (Å²) in [6.45, 7) is 0. The van der Waals surface area contributed by atoms with Crippen molar-refractivity contribution >= 4 is 17.5 Å². The van der Waals surface area contributed by atoms with Gasteiger partial charge in [0.15, 0.2) is 5.76 Å². The first-order valence-electron chi connectivity index (χ1n) is 8.85. The van der Waals surface area contributed by atoms with Gasteiger partial charge in [-0.15, -0.1) is 13.2 Å². The molecule has 30 heavy (non-hydrogen) atoms. The molecule has 2 N–H and O–H groups in total. The van der Waals surface area contributed by atoms with Gasteiger partial charge in [-0.05, 0) is 29.8 Å². The highest BCUT2D eigenvalue weighted by molar-refractivity contribution is 6.00. The third kappa shape index (κ3) is 6.13. The molecule has 0 aliphatic carbocycles. The van der Waals surface area contributed by atoms with E-state index in [-0.39, 0.29) is 17.9 Å². The quantitative estimate of drug-likeness (QED) is 0.604. The number of alkyl halides is 3. The van der Waals surface area contributed by atoms with Crippen LogP contribution >= 0.6 is 0 Å². The molecular weight excluding hydrogens is 401 g/mol. The number of anilines is 1. The number of halogens is 3. The fourth-order valence-corrected chi connectivity index (χ4v) is 2.70. The van der Waals surface area contributed by atoms with Gasteiger partial charge >= 0.3 is 6.36 Å². The van der Waals surface area contributed by atoms with Gasteiger partial charge in [0.05, 0.1) is 6.26 Å². The van der Waals surface area contributed by atoms with Crippen LogP contribution in [-0.2, 0) is 11.2 Å². The molecule has 2 aromatic carbocycles. The van der Waals surface area contributed by atoms with E-state index in [0.717, 1.165) is 17.7 Å². The van der Waals surface area contributed by atoms with E-state index in [2.05, 4.69) is 15.4 Å². The summed E-state index contributed by atoms with van der Waals surface area (Å²) in [7, 11) is 0. The zero-order valence-corrected chi connectivity index (χ0v) is 15.5. The van der Waals surface area contributed by atoms with Crippen LogP contribution in [0.5, 0.6) is 5.75 Å². The summed E-state index contributed by atoms with van der Waals surface area (Å²) in [6, 6.07) is 15.8. The summed E-state index contributed by atoms with van der Waals surface area (Å²) in [5, 5.41) is 5.09. The van der Waals surface area contributed by atoms with E-state index in [1.54, 1.807) is 24.3 Å². The molecule has 0 saturated carbocycles. The molecule has 1 aromatic heterocycles. The van der Waals surface area contributed by atoms with Crippen LogP contribution in [0, 0.1) is 0 Å². The van der Waals surface area contributed by atoms with Gasteiger partial charge in [0.2, 0.25) is 5.91 Å². The predicted octanol–water partition coefficient (Wildman–Crippen LogP) is 4.16. The van der Waals surface area contributed by atoms with Crippen molar-refractivity contribution in [2.24, 2.45) is 0 Å². The normalized spacial score (nSPS) is 12.1. The molecule has 0 spiro atoms. The second-order valence-electron chi connectivity index (χ2n) is 6.26. The molecule has 1 heterocycles. The number of ether oxygens (including phenoxy) is 1. The maximum absolute atomic E-state index is 12.8. The van der Waals surface area contributed by atoms with E-state index in [4.69, 9.17) is 4.42 Å². The molecule has 0 fully saturated rings. The van der Waals surface area contributed by atoms with E-state index in [1.807, 2.05) is 6.07 Å². The number of carbonyl (C=O) groups is 2. The van der Waals surface area contributed by atoms with E-state index in [0.29, 0.717) is 0 Å². The zero-order chi connectivity index (χ0) is 21.6. The van der Waals surface area contributed by atoms with E-state index < -0.39 is 30.0 Å². The summed E-state index contributed by atoms with van der Waals surface area (Å²) < 4.78 is 46.2. The van der Waals surface area contributed by atoms with Crippen molar-refractivity contribution in [3.8, 4) is 5.75 Å². The molecule has 1 unspecified atom stereocenters. The van der Waals surface area contributed by atoms with Crippen molar-refractivity contribution < 1.29 is 31.9 Å². The minimum Gasteiger partial charge on any atom is -0.459 e. The maximum Gasteiger partial charge on any atom is 0.573 e. The summed E-state index contributed by atoms with van der Waals surface area (Å²) >= 11 is 0. The number of hydrogen-bond donors (Lipinski definition) is 2. The number of rotatable bonds is 7. The highest BCUT2D eigenvalue weighted by Gasteiger charge is 2.31. The molecule has 156 valence electrons. The number of furan rings is 1. The van der Waals surface area contributed by atoms with Crippen molar-refractivity contribution in [1.82, 2.24) is 5.32 Å². The molecule has 1 atom stereocenters. The van der Waals surface area contributed by atoms with E-state index in [1.165, 1.54) is 30.5 Å². The Morgan fingerprint density at radius 3 is 2.43 bits per heavy atom. The monoisotopic (exact) mass is 418 g/mol. The van der Waals surface area contributed by atoms with E-state index >= 15 is 0 Å². The number of hydrogen-bond acceptors (Lipinski definition) is 4. The summed E-state index contributed by atoms with van der Waals surface area (Å²) in [4.78, 5) is 25.1. The second kappa shape index (κ2) is 9.17. The zero-order valence-electron chi connectivity index (χ0n) is 15.5. The van der Waals surface area contributed by atoms with Crippen molar-refractivity contribution in [2.45, 2.75) is 18.8 Å². The van der Waals surface area contributed by atoms with Crippen LogP contribution in [0.1, 0.15) is 16.1 Å². The molecule has 0 saturated heterocycles. The van der Waals surface area contributed by atoms with Crippen LogP contribution in [0.4, 0.5) is 18.9 Å². The number of amides is 2. The Bertz CT molecular complexity index is 989. The Kier molecular flexibility index (Phi) is 6.41. The van der Waals surface area contributed by atoms with Crippen molar-refractivity contribution in [1.29, 1.82) is 0 Å². The Hall–Kier alpha value is -3.75. The molecule has 0 radical (unpaired) electrons. The molecule has 2 amide bonds. The standard InChI is InChI=1S/C21H17F3N2O4/c22-21(23,24)30-16-9-4-8-15(13-16)25-19(27)17(12-14-6-2-1-3-7-14)26-20(28)18-10-5-11-29-18/h1-11,13,17H,12H2,(H,25,27)(H,26,28). The van der Waals surface area contributed by atoms with Gasteiger partial charge in [-0.25, -0.2) is 0 Å². The van der Waals surface area contributed by atoms with Gasteiger partial charge < -0.3 is 19.8 Å². The second-order valence-corrected chi connectivity index (χ2v) is 6.26. The SMILES string of the molecule is O=C(NC(Cc1ccccc1)C(=O)Nc1cccc(OC(F)(F)F)c1)c1ccco1. The average Bonchev–Trinajstić information content (AvgIpc) is 3.22. The van der Waals surface area contributed by atoms with Gasteiger partial charge in [-0.3, -0.25) is 9.59 Å². The summed E-state index contributed by atoms with van der Waals surface area (Å²) in [5.74, 6) is -1.64. The Labute approximate surface area is 169 Å². The summed E-state index contributed by atoms with van der Waals surface area (Å²) in [5.41, 5.74) is 0.874. The van der Waals surface area contributed by atoms with Crippen LogP contribution < -0.4 is 15.4 Å². The first kappa shape index (κ1) is 21.0. The third-order valence-electron chi connectivity index (χ3n) is 3.98. The van der Waals surface area contributed by atoms with Gasteiger partial charge in [0.1, 0.15) is 11.8 Å². The molecular formula is C21H17F3N2O4. The Balaban J connectivity index is 1.76. The topological polar surface area (TPSA) is 80.6 Å². The largest absolute Gasteiger partial charge is 0.573 e. The molecule has 9 heteroatoms. The fraction of sp³-hybridized carbons (Fsp3) is 0.143. The highest BCUT2D eigenvalue weighted by atomic mass is 19.4. The van der Waals surface area contributed by atoms with Crippen LogP contribution in [0.15, 0.2) is 77.4 Å². The first-order valence-corrected chi connectivity index (χ1v) is 8.85. The fourth-order valence-electron chi connectivity index (χ4n) is 2.70. The number of carbonyl (C=O) groups excluding carboxylic acids is 2. The molecule has 3 aromatic rings. The molecule has 0 bridgehead atoms. The third-order valence-corrected chi connectivity index (χ3v) is 3.98. The molecule has 0 aliphatic rings. The lowest BCUT2D eigenvalue weighted by atomic mass is 10.0. The lowest BCUT2D eigenvalue weighted by molar-refractivity contribution is -0.274. The van der Waals surface area contributed by atoms with Crippen molar-refractivity contribution in [3.63, 3.8) is 0 Å². The van der Waals surface area contributed by atoms with E-state index in [9.17, 15) is 22.8 Å². The van der Waals surface area contributed by atoms with Gasteiger partial charge in [-0.2, -0.15) is 0 Å². The minimum absolute atomic E-state index is 0.0291. The number of benzene rings is 2. The van der Waals surface area contributed by atoms with Crippen LogP contribution in [-0.4, -0.2) is 24.2 Å². The lowest BCUT2D eigenvalue weighted by Crippen LogP contribution is -2.45. The Morgan fingerprint density at radius 2 is 1.77 bits per heavy atom. The van der Waals surface area contributed by atoms with Crippen LogP contribution in [0.25, 0.3) is 0 Å². The maximum atomic E-state index is 12.8. The lowest BCUT2D eigenvalue weighted by Gasteiger charge is -2.18. The molecule has 6 nitrogen and oxygen atoms in total. The van der Waals surface area contributed by atoms with Crippen molar-refractivity contribution in [3.05, 3.63) is 84.3 Å². The van der Waals surface area contributed by atoms with Gasteiger partial charge in [-0.1, -0.05) is 36.4 Å². The highest BCUT2D eigenvalue weighted by Crippen LogP contribution is 2.25. The van der Waals surface area contributed by atoms with Crippen LogP contribution in [0.2, 0.25) is 0 Å². The van der Waals surface area contributed by atoms with Gasteiger partial charge in [0.25, 0.3) is 5.91 Å². The predicted molar refractivity (Wildman–Crippen MR) is 102 cm³/mol. The molecule has 0 aliphatic heterocycles. The first-order chi connectivity index (χ1) is 14.3.